The molecule has 1 aromatic rings. The fraction of sp³-hybridized carbons (Fsp3) is 0.588. The molecule has 0 amide bonds. The number of carbonyl (C=O) groups excluding carboxylic acids is 1. The lowest BCUT2D eigenvalue weighted by Gasteiger charge is -2.45. The van der Waals surface area contributed by atoms with Crippen LogP contribution in [-0.4, -0.2) is 24.2 Å². The van der Waals surface area contributed by atoms with E-state index in [4.69, 9.17) is 9.47 Å². The Labute approximate surface area is 126 Å². The molecule has 1 unspecified atom stereocenters. The third-order valence-electron chi connectivity index (χ3n) is 3.58. The summed E-state index contributed by atoms with van der Waals surface area (Å²) in [4.78, 5) is 12.8. The molecule has 0 saturated carbocycles. The van der Waals surface area contributed by atoms with Crippen molar-refractivity contribution in [2.45, 2.75) is 58.2 Å². The zero-order valence-electron chi connectivity index (χ0n) is 13.5. The standard InChI is InChI=1S/C17H25NO3/c1-6-20-15(19)17(18-12(2)3)11-16(4,5)21-14-10-8-7-9-13(14)17/h7-10,12,18H,6,11H2,1-5H3. The number of carbonyl (C=O) groups is 1. The number of para-hydroxylation sites is 1. The Balaban J connectivity index is 2.59. The third kappa shape index (κ3) is 3.05. The van der Waals surface area contributed by atoms with Crippen LogP contribution >= 0.6 is 0 Å². The van der Waals surface area contributed by atoms with Crippen molar-refractivity contribution < 1.29 is 14.3 Å². The molecular weight excluding hydrogens is 266 g/mol. The van der Waals surface area contributed by atoms with Crippen molar-refractivity contribution in [3.05, 3.63) is 29.8 Å². The summed E-state index contributed by atoms with van der Waals surface area (Å²) in [7, 11) is 0. The monoisotopic (exact) mass is 291 g/mol. The number of rotatable bonds is 4. The van der Waals surface area contributed by atoms with Gasteiger partial charge in [-0.05, 0) is 40.7 Å². The maximum Gasteiger partial charge on any atom is 0.331 e. The van der Waals surface area contributed by atoms with E-state index in [1.165, 1.54) is 0 Å². The van der Waals surface area contributed by atoms with Gasteiger partial charge in [0.1, 0.15) is 16.9 Å². The van der Waals surface area contributed by atoms with E-state index >= 15 is 0 Å². The van der Waals surface area contributed by atoms with E-state index in [9.17, 15) is 4.79 Å². The fourth-order valence-electron chi connectivity index (χ4n) is 3.09. The maximum absolute atomic E-state index is 12.8. The van der Waals surface area contributed by atoms with Crippen molar-refractivity contribution in [3.8, 4) is 5.75 Å². The highest BCUT2D eigenvalue weighted by Gasteiger charge is 2.51. The van der Waals surface area contributed by atoms with Crippen LogP contribution in [0.1, 0.15) is 46.6 Å². The van der Waals surface area contributed by atoms with Gasteiger partial charge in [0.25, 0.3) is 0 Å². The molecule has 0 fully saturated rings. The second-order valence-electron chi connectivity index (χ2n) is 6.46. The summed E-state index contributed by atoms with van der Waals surface area (Å²) in [6.07, 6.45) is 0.536. The number of hydrogen-bond donors (Lipinski definition) is 1. The van der Waals surface area contributed by atoms with Crippen LogP contribution in [0.15, 0.2) is 24.3 Å². The van der Waals surface area contributed by atoms with Crippen LogP contribution < -0.4 is 10.1 Å². The fourth-order valence-corrected chi connectivity index (χ4v) is 3.09. The van der Waals surface area contributed by atoms with Crippen molar-refractivity contribution in [1.82, 2.24) is 5.32 Å². The molecule has 1 N–H and O–H groups in total. The Hall–Kier alpha value is -1.55. The van der Waals surface area contributed by atoms with Crippen molar-refractivity contribution in [3.63, 3.8) is 0 Å². The first-order valence-corrected chi connectivity index (χ1v) is 7.54. The average molecular weight is 291 g/mol. The van der Waals surface area contributed by atoms with Gasteiger partial charge in [0.05, 0.1) is 6.61 Å². The number of fused-ring (bicyclic) bond motifs is 1. The molecule has 0 bridgehead atoms. The normalized spacial score (nSPS) is 23.3. The predicted octanol–water partition coefficient (Wildman–Crippen LogP) is 3.00. The molecule has 0 aliphatic carbocycles. The topological polar surface area (TPSA) is 47.6 Å². The SMILES string of the molecule is CCOC(=O)C1(NC(C)C)CC(C)(C)Oc2ccccc21. The minimum absolute atomic E-state index is 0.149. The number of ether oxygens (including phenoxy) is 2. The van der Waals surface area contributed by atoms with Gasteiger partial charge in [-0.15, -0.1) is 0 Å². The molecule has 0 spiro atoms. The summed E-state index contributed by atoms with van der Waals surface area (Å²) in [6, 6.07) is 7.85. The molecule has 4 heteroatoms. The number of hydrogen-bond acceptors (Lipinski definition) is 4. The summed E-state index contributed by atoms with van der Waals surface area (Å²) in [5, 5.41) is 3.44. The molecule has 0 aromatic heterocycles. The van der Waals surface area contributed by atoms with Gasteiger partial charge >= 0.3 is 5.97 Å². The van der Waals surface area contributed by atoms with Gasteiger partial charge in [-0.1, -0.05) is 18.2 Å². The molecule has 116 valence electrons. The Bertz CT molecular complexity index is 525. The first-order chi connectivity index (χ1) is 9.81. The van der Waals surface area contributed by atoms with Gasteiger partial charge in [-0.25, -0.2) is 4.79 Å². The highest BCUT2D eigenvalue weighted by atomic mass is 16.5. The Morgan fingerprint density at radius 2 is 2.05 bits per heavy atom. The lowest BCUT2D eigenvalue weighted by molar-refractivity contribution is -0.156. The van der Waals surface area contributed by atoms with Crippen molar-refractivity contribution in [2.75, 3.05) is 6.61 Å². The summed E-state index contributed by atoms with van der Waals surface area (Å²) in [6.45, 7) is 10.3. The summed E-state index contributed by atoms with van der Waals surface area (Å²) in [5.41, 5.74) is -0.442. The molecule has 4 nitrogen and oxygen atoms in total. The van der Waals surface area contributed by atoms with Crippen molar-refractivity contribution >= 4 is 5.97 Å². The molecule has 1 aromatic carbocycles. The van der Waals surface area contributed by atoms with Gasteiger partial charge in [0.2, 0.25) is 0 Å². The summed E-state index contributed by atoms with van der Waals surface area (Å²) >= 11 is 0. The number of esters is 1. The highest BCUT2D eigenvalue weighted by molar-refractivity contribution is 5.84. The van der Waals surface area contributed by atoms with Crippen LogP contribution in [-0.2, 0) is 15.1 Å². The van der Waals surface area contributed by atoms with E-state index in [0.717, 1.165) is 11.3 Å². The Morgan fingerprint density at radius 3 is 2.67 bits per heavy atom. The van der Waals surface area contributed by atoms with Gasteiger partial charge in [-0.3, -0.25) is 5.32 Å². The molecule has 21 heavy (non-hydrogen) atoms. The third-order valence-corrected chi connectivity index (χ3v) is 3.58. The molecule has 0 radical (unpaired) electrons. The van der Waals surface area contributed by atoms with E-state index < -0.39 is 11.1 Å². The Kier molecular flexibility index (Phi) is 4.28. The lowest BCUT2D eigenvalue weighted by Crippen LogP contribution is -2.59. The largest absolute Gasteiger partial charge is 0.487 e. The molecule has 1 atom stereocenters. The molecule has 0 saturated heterocycles. The smallest absolute Gasteiger partial charge is 0.331 e. The van der Waals surface area contributed by atoms with Gasteiger partial charge in [-0.2, -0.15) is 0 Å². The van der Waals surface area contributed by atoms with E-state index in [1.807, 2.05) is 58.9 Å². The molecule has 1 aliphatic heterocycles. The quantitative estimate of drug-likeness (QED) is 0.866. The van der Waals surface area contributed by atoms with Crippen molar-refractivity contribution in [1.29, 1.82) is 0 Å². The first-order valence-electron chi connectivity index (χ1n) is 7.54. The van der Waals surface area contributed by atoms with E-state index in [2.05, 4.69) is 5.32 Å². The van der Waals surface area contributed by atoms with Crippen LogP contribution in [0, 0.1) is 0 Å². The van der Waals surface area contributed by atoms with E-state index in [-0.39, 0.29) is 12.0 Å². The zero-order chi connectivity index (χ0) is 15.7. The van der Waals surface area contributed by atoms with Crippen LogP contribution in [0.25, 0.3) is 0 Å². The molecule has 1 heterocycles. The maximum atomic E-state index is 12.8. The molecule has 2 rings (SSSR count). The predicted molar refractivity (Wildman–Crippen MR) is 82.3 cm³/mol. The van der Waals surface area contributed by atoms with Crippen LogP contribution in [0.5, 0.6) is 5.75 Å². The van der Waals surface area contributed by atoms with E-state index in [1.54, 1.807) is 0 Å². The first kappa shape index (κ1) is 15.8. The number of nitrogens with one attached hydrogen (secondary N) is 1. The summed E-state index contributed by atoms with van der Waals surface area (Å²) < 4.78 is 11.4. The number of benzene rings is 1. The Morgan fingerprint density at radius 1 is 1.38 bits per heavy atom. The highest BCUT2D eigenvalue weighted by Crippen LogP contribution is 2.44. The molecular formula is C17H25NO3. The van der Waals surface area contributed by atoms with Crippen LogP contribution in [0.2, 0.25) is 0 Å². The zero-order valence-corrected chi connectivity index (χ0v) is 13.5. The van der Waals surface area contributed by atoms with Crippen molar-refractivity contribution in [2.24, 2.45) is 0 Å². The average Bonchev–Trinajstić information content (AvgIpc) is 2.36. The minimum atomic E-state index is -0.859. The second kappa shape index (κ2) is 5.68. The minimum Gasteiger partial charge on any atom is -0.487 e. The van der Waals surface area contributed by atoms with Crippen LogP contribution in [0.4, 0.5) is 0 Å². The second-order valence-corrected chi connectivity index (χ2v) is 6.46. The van der Waals surface area contributed by atoms with Gasteiger partial charge in [0.15, 0.2) is 0 Å². The lowest BCUT2D eigenvalue weighted by atomic mass is 9.77. The van der Waals surface area contributed by atoms with Gasteiger partial charge < -0.3 is 9.47 Å². The summed E-state index contributed by atoms with van der Waals surface area (Å²) in [5.74, 6) is 0.512. The van der Waals surface area contributed by atoms with E-state index in [0.29, 0.717) is 13.0 Å². The van der Waals surface area contributed by atoms with Crippen LogP contribution in [0.3, 0.4) is 0 Å². The molecule has 1 aliphatic rings. The van der Waals surface area contributed by atoms with Gasteiger partial charge in [0, 0.05) is 18.0 Å².